The van der Waals surface area contributed by atoms with Crippen molar-refractivity contribution in [2.24, 2.45) is 5.92 Å². The monoisotopic (exact) mass is 275 g/mol. The Bertz CT molecular complexity index is 523. The minimum absolute atomic E-state index is 0.0742. The van der Waals surface area contributed by atoms with Gasteiger partial charge in [0.2, 0.25) is 0 Å². The number of carbonyl (C=O) groups is 1. The Hall–Kier alpha value is -1.41. The van der Waals surface area contributed by atoms with Crippen molar-refractivity contribution in [2.45, 2.75) is 25.4 Å². The zero-order valence-electron chi connectivity index (χ0n) is 10.6. The molecule has 1 atom stereocenters. The van der Waals surface area contributed by atoms with Gasteiger partial charge in [0.25, 0.3) is 10.0 Å². The summed E-state index contributed by atoms with van der Waals surface area (Å²) in [4.78, 5) is 14.5. The van der Waals surface area contributed by atoms with Crippen LogP contribution in [0.4, 0.5) is 0 Å². The second-order valence-electron chi connectivity index (χ2n) is 4.04. The van der Waals surface area contributed by atoms with Gasteiger partial charge in [0.1, 0.15) is 0 Å². The summed E-state index contributed by atoms with van der Waals surface area (Å²) in [5, 5.41) is 8.86. The molecule has 0 saturated carbocycles. The zero-order chi connectivity index (χ0) is 13.9. The molecule has 0 aliphatic heterocycles. The van der Waals surface area contributed by atoms with Crippen LogP contribution in [-0.2, 0) is 21.4 Å². The summed E-state index contributed by atoms with van der Waals surface area (Å²) in [7, 11) is -2.33. The van der Waals surface area contributed by atoms with E-state index in [4.69, 9.17) is 5.11 Å². The normalized spacial score (nSPS) is 13.8. The maximum atomic E-state index is 12.2. The first-order valence-electron chi connectivity index (χ1n) is 5.50. The van der Waals surface area contributed by atoms with Crippen molar-refractivity contribution in [3.05, 3.63) is 12.5 Å². The molecule has 1 aromatic rings. The van der Waals surface area contributed by atoms with E-state index in [2.05, 4.69) is 4.98 Å². The first-order chi connectivity index (χ1) is 8.30. The molecule has 7 nitrogen and oxygen atoms in total. The number of aryl methyl sites for hydroxylation is 1. The van der Waals surface area contributed by atoms with Crippen molar-refractivity contribution >= 4 is 16.0 Å². The Morgan fingerprint density at radius 3 is 2.72 bits per heavy atom. The Morgan fingerprint density at radius 1 is 1.61 bits per heavy atom. The smallest absolute Gasteiger partial charge is 0.307 e. The van der Waals surface area contributed by atoms with Gasteiger partial charge in [-0.3, -0.25) is 4.79 Å². The average Bonchev–Trinajstić information content (AvgIpc) is 2.77. The number of hydrogen-bond acceptors (Lipinski definition) is 4. The van der Waals surface area contributed by atoms with E-state index in [9.17, 15) is 13.2 Å². The quantitative estimate of drug-likeness (QED) is 0.803. The van der Waals surface area contributed by atoms with Crippen molar-refractivity contribution in [1.29, 1.82) is 0 Å². The minimum Gasteiger partial charge on any atom is -0.481 e. The van der Waals surface area contributed by atoms with Crippen molar-refractivity contribution in [1.82, 2.24) is 13.9 Å². The van der Waals surface area contributed by atoms with E-state index in [-0.39, 0.29) is 11.6 Å². The third-order valence-corrected chi connectivity index (χ3v) is 4.48. The number of imidazole rings is 1. The summed E-state index contributed by atoms with van der Waals surface area (Å²) in [5.74, 6) is -1.79. The van der Waals surface area contributed by atoms with Gasteiger partial charge in [-0.15, -0.1) is 0 Å². The standard InChI is InChI=1S/C10H17N3O4S/c1-4-13-7-11-5-9(13)18(16,17)12(3)6-8(2)10(14)15/h5,7-8H,4,6H2,1-3H3,(H,14,15). The van der Waals surface area contributed by atoms with Crippen LogP contribution in [-0.4, -0.2) is 46.9 Å². The van der Waals surface area contributed by atoms with Crippen LogP contribution in [0.3, 0.4) is 0 Å². The molecule has 102 valence electrons. The largest absolute Gasteiger partial charge is 0.481 e. The third-order valence-electron chi connectivity index (χ3n) is 2.64. The van der Waals surface area contributed by atoms with E-state index < -0.39 is 21.9 Å². The van der Waals surface area contributed by atoms with Gasteiger partial charge in [-0.2, -0.15) is 4.31 Å². The molecule has 8 heteroatoms. The Morgan fingerprint density at radius 2 is 2.22 bits per heavy atom. The first-order valence-corrected chi connectivity index (χ1v) is 6.94. The lowest BCUT2D eigenvalue weighted by molar-refractivity contribution is -0.141. The van der Waals surface area contributed by atoms with E-state index >= 15 is 0 Å². The van der Waals surface area contributed by atoms with Gasteiger partial charge in [-0.25, -0.2) is 13.4 Å². The molecule has 0 bridgehead atoms. The van der Waals surface area contributed by atoms with Crippen molar-refractivity contribution in [3.63, 3.8) is 0 Å². The highest BCUT2D eigenvalue weighted by Gasteiger charge is 2.27. The second kappa shape index (κ2) is 5.49. The molecule has 0 radical (unpaired) electrons. The molecule has 1 N–H and O–H groups in total. The molecule has 1 unspecified atom stereocenters. The predicted octanol–water partition coefficient (Wildman–Crippen LogP) is 0.244. The highest BCUT2D eigenvalue weighted by Crippen LogP contribution is 2.15. The molecule has 0 amide bonds. The van der Waals surface area contributed by atoms with Gasteiger partial charge < -0.3 is 9.67 Å². The minimum atomic E-state index is -3.70. The molecule has 1 rings (SSSR count). The fraction of sp³-hybridized carbons (Fsp3) is 0.600. The fourth-order valence-corrected chi connectivity index (χ4v) is 2.89. The number of rotatable bonds is 6. The predicted molar refractivity (Wildman–Crippen MR) is 64.5 cm³/mol. The number of sulfonamides is 1. The molecule has 0 aliphatic carbocycles. The van der Waals surface area contributed by atoms with E-state index in [0.29, 0.717) is 6.54 Å². The molecule has 0 saturated heterocycles. The fourth-order valence-electron chi connectivity index (χ4n) is 1.48. The number of nitrogens with zero attached hydrogens (tertiary/aromatic N) is 3. The first kappa shape index (κ1) is 14.7. The van der Waals surface area contributed by atoms with Crippen molar-refractivity contribution < 1.29 is 18.3 Å². The summed E-state index contributed by atoms with van der Waals surface area (Å²) in [6.07, 6.45) is 2.70. The Labute approximate surface area is 106 Å². The lowest BCUT2D eigenvalue weighted by Gasteiger charge is -2.19. The van der Waals surface area contributed by atoms with Gasteiger partial charge >= 0.3 is 5.97 Å². The Balaban J connectivity index is 2.97. The summed E-state index contributed by atoms with van der Waals surface area (Å²) >= 11 is 0. The lowest BCUT2D eigenvalue weighted by atomic mass is 10.2. The van der Waals surface area contributed by atoms with Crippen molar-refractivity contribution in [2.75, 3.05) is 13.6 Å². The van der Waals surface area contributed by atoms with Gasteiger partial charge in [0.05, 0.1) is 18.4 Å². The van der Waals surface area contributed by atoms with Crippen LogP contribution in [0.15, 0.2) is 17.6 Å². The van der Waals surface area contributed by atoms with E-state index in [1.807, 2.05) is 0 Å². The summed E-state index contributed by atoms with van der Waals surface area (Å²) in [5.41, 5.74) is 0. The average molecular weight is 275 g/mol. The molecule has 0 aliphatic rings. The number of hydrogen-bond donors (Lipinski definition) is 1. The van der Waals surface area contributed by atoms with Crippen LogP contribution < -0.4 is 0 Å². The van der Waals surface area contributed by atoms with Gasteiger partial charge in [-0.1, -0.05) is 6.92 Å². The molecule has 0 spiro atoms. The molecule has 1 aromatic heterocycles. The molecule has 18 heavy (non-hydrogen) atoms. The van der Waals surface area contributed by atoms with Gasteiger partial charge in [0, 0.05) is 20.1 Å². The summed E-state index contributed by atoms with van der Waals surface area (Å²) < 4.78 is 26.9. The topological polar surface area (TPSA) is 92.5 Å². The highest BCUT2D eigenvalue weighted by atomic mass is 32.2. The lowest BCUT2D eigenvalue weighted by Crippen LogP contribution is -2.34. The SMILES string of the molecule is CCn1cncc1S(=O)(=O)N(C)CC(C)C(=O)O. The van der Waals surface area contributed by atoms with Crippen LogP contribution in [0, 0.1) is 5.92 Å². The third kappa shape index (κ3) is 2.88. The van der Waals surface area contributed by atoms with Crippen molar-refractivity contribution in [3.8, 4) is 0 Å². The highest BCUT2D eigenvalue weighted by molar-refractivity contribution is 7.89. The zero-order valence-corrected chi connectivity index (χ0v) is 11.4. The van der Waals surface area contributed by atoms with Crippen LogP contribution in [0.25, 0.3) is 0 Å². The van der Waals surface area contributed by atoms with E-state index in [1.165, 1.54) is 31.1 Å². The summed E-state index contributed by atoms with van der Waals surface area (Å²) in [6, 6.07) is 0. The number of aromatic nitrogens is 2. The van der Waals surface area contributed by atoms with Crippen LogP contribution in [0.5, 0.6) is 0 Å². The summed E-state index contributed by atoms with van der Waals surface area (Å²) in [6.45, 7) is 3.68. The molecule has 0 aromatic carbocycles. The van der Waals surface area contributed by atoms with E-state index in [0.717, 1.165) is 4.31 Å². The Kier molecular flexibility index (Phi) is 4.47. The second-order valence-corrected chi connectivity index (χ2v) is 6.03. The number of aliphatic carboxylic acids is 1. The molecule has 1 heterocycles. The maximum absolute atomic E-state index is 12.2. The number of carboxylic acids is 1. The van der Waals surface area contributed by atoms with Crippen LogP contribution in [0.1, 0.15) is 13.8 Å². The van der Waals surface area contributed by atoms with Crippen LogP contribution >= 0.6 is 0 Å². The molecular formula is C10H17N3O4S. The maximum Gasteiger partial charge on any atom is 0.307 e. The van der Waals surface area contributed by atoms with Crippen LogP contribution in [0.2, 0.25) is 0 Å². The number of carboxylic acid groups (broad SMARTS) is 1. The molecule has 0 fully saturated rings. The van der Waals surface area contributed by atoms with E-state index in [1.54, 1.807) is 6.92 Å². The molecular weight excluding hydrogens is 258 g/mol. The van der Waals surface area contributed by atoms with Gasteiger partial charge in [-0.05, 0) is 6.92 Å². The van der Waals surface area contributed by atoms with Gasteiger partial charge in [0.15, 0.2) is 5.03 Å².